The summed E-state index contributed by atoms with van der Waals surface area (Å²) in [5.41, 5.74) is 0.849. The first-order valence-corrected chi connectivity index (χ1v) is 11.6. The van der Waals surface area contributed by atoms with E-state index >= 15 is 0 Å². The smallest absolute Gasteiger partial charge is 0.262 e. The highest BCUT2D eigenvalue weighted by atomic mass is 32.2. The second kappa shape index (κ2) is 9.35. The number of nitrogens with one attached hydrogen (secondary N) is 1. The van der Waals surface area contributed by atoms with Crippen molar-refractivity contribution in [2.45, 2.75) is 17.0 Å². The van der Waals surface area contributed by atoms with Gasteiger partial charge in [-0.25, -0.2) is 22.2 Å². The lowest BCUT2D eigenvalue weighted by atomic mass is 9.94. The van der Waals surface area contributed by atoms with Gasteiger partial charge in [-0.3, -0.25) is 0 Å². The molecule has 2 heterocycles. The molecule has 1 saturated heterocycles. The molecule has 3 aromatic rings. The molecule has 1 aliphatic rings. The lowest BCUT2D eigenvalue weighted by Crippen LogP contribution is -2.38. The molecule has 170 valence electrons. The monoisotopic (exact) mass is 462 g/mol. The molecular formula is C22H24F2N4O3S. The molecule has 1 N–H and O–H groups in total. The first-order chi connectivity index (χ1) is 15.3. The lowest BCUT2D eigenvalue weighted by Gasteiger charge is -2.20. The molecular weight excluding hydrogens is 438 g/mol. The Morgan fingerprint density at radius 2 is 1.72 bits per heavy atom. The van der Waals surface area contributed by atoms with Crippen LogP contribution in [0.4, 0.5) is 8.78 Å². The summed E-state index contributed by atoms with van der Waals surface area (Å²) in [5, 5.41) is 3.36. The lowest BCUT2D eigenvalue weighted by molar-refractivity contribution is 0.303. The highest BCUT2D eigenvalue weighted by Gasteiger charge is 2.40. The van der Waals surface area contributed by atoms with Crippen LogP contribution in [0.25, 0.3) is 0 Å². The van der Waals surface area contributed by atoms with E-state index in [9.17, 15) is 17.2 Å². The topological polar surface area (TPSA) is 76.5 Å². The van der Waals surface area contributed by atoms with Crippen LogP contribution in [-0.4, -0.2) is 54.6 Å². The highest BCUT2D eigenvalue weighted by molar-refractivity contribution is 7.89. The summed E-state index contributed by atoms with van der Waals surface area (Å²) in [6.45, 7) is 1.28. The molecule has 0 amide bonds. The van der Waals surface area contributed by atoms with Crippen molar-refractivity contribution in [3.63, 3.8) is 0 Å². The maximum atomic E-state index is 13.4. The molecule has 4 rings (SSSR count). The number of halogens is 2. The van der Waals surface area contributed by atoms with Crippen molar-refractivity contribution >= 4 is 10.0 Å². The number of rotatable bonds is 8. The van der Waals surface area contributed by atoms with Gasteiger partial charge in [0.2, 0.25) is 0 Å². The van der Waals surface area contributed by atoms with Gasteiger partial charge in [0.15, 0.2) is 5.03 Å². The minimum absolute atomic E-state index is 0.00171. The van der Waals surface area contributed by atoms with Crippen LogP contribution in [0.5, 0.6) is 5.75 Å². The number of aromatic nitrogens is 2. The average molecular weight is 463 g/mol. The zero-order valence-corrected chi connectivity index (χ0v) is 18.3. The second-order valence-electron chi connectivity index (χ2n) is 7.72. The third-order valence-electron chi connectivity index (χ3n) is 5.46. The molecule has 10 heteroatoms. The number of hydrogen-bond acceptors (Lipinski definition) is 5. The summed E-state index contributed by atoms with van der Waals surface area (Å²) in [6.07, 6.45) is 2.92. The largest absolute Gasteiger partial charge is 0.492 e. The first-order valence-electron chi connectivity index (χ1n) is 10.2. The van der Waals surface area contributed by atoms with E-state index in [0.29, 0.717) is 18.9 Å². The third-order valence-corrected chi connectivity index (χ3v) is 7.18. The number of hydrogen-bond donors (Lipinski definition) is 1. The molecule has 0 saturated carbocycles. The Bertz CT molecular complexity index is 1150. The Labute approximate surface area is 185 Å². The van der Waals surface area contributed by atoms with Crippen molar-refractivity contribution in [1.29, 1.82) is 0 Å². The van der Waals surface area contributed by atoms with Crippen LogP contribution in [0.3, 0.4) is 0 Å². The van der Waals surface area contributed by atoms with Crippen molar-refractivity contribution in [3.8, 4) is 5.75 Å². The van der Waals surface area contributed by atoms with Gasteiger partial charge in [0.05, 0.1) is 6.33 Å². The SMILES string of the molecule is Cn1cnc(S(=O)(=O)N2C[C@H](NCCOc3ccc(F)cc3)[C@@H](c3ccc(F)cc3)C2)c1. The van der Waals surface area contributed by atoms with Gasteiger partial charge in [-0.1, -0.05) is 12.1 Å². The number of aryl methyl sites for hydroxylation is 1. The molecule has 7 nitrogen and oxygen atoms in total. The molecule has 0 bridgehead atoms. The van der Waals surface area contributed by atoms with Crippen LogP contribution in [0, 0.1) is 11.6 Å². The molecule has 0 radical (unpaired) electrons. The van der Waals surface area contributed by atoms with Gasteiger partial charge in [0.1, 0.15) is 24.0 Å². The minimum Gasteiger partial charge on any atom is -0.492 e. The van der Waals surface area contributed by atoms with E-state index < -0.39 is 10.0 Å². The van der Waals surface area contributed by atoms with Gasteiger partial charge >= 0.3 is 0 Å². The van der Waals surface area contributed by atoms with E-state index in [1.807, 2.05) is 0 Å². The summed E-state index contributed by atoms with van der Waals surface area (Å²) < 4.78 is 61.2. The van der Waals surface area contributed by atoms with Crippen LogP contribution in [0.2, 0.25) is 0 Å². The van der Waals surface area contributed by atoms with Crippen LogP contribution < -0.4 is 10.1 Å². The molecule has 32 heavy (non-hydrogen) atoms. The number of nitrogens with zero attached hydrogens (tertiary/aromatic N) is 3. The fraction of sp³-hybridized carbons (Fsp3) is 0.318. The van der Waals surface area contributed by atoms with Crippen LogP contribution >= 0.6 is 0 Å². The van der Waals surface area contributed by atoms with Crippen LogP contribution in [-0.2, 0) is 17.1 Å². The fourth-order valence-corrected chi connectivity index (χ4v) is 5.27. The van der Waals surface area contributed by atoms with Gasteiger partial charge < -0.3 is 14.6 Å². The molecule has 0 aliphatic carbocycles. The molecule has 0 spiro atoms. The van der Waals surface area contributed by atoms with E-state index in [4.69, 9.17) is 4.74 Å². The Morgan fingerprint density at radius 1 is 1.06 bits per heavy atom. The van der Waals surface area contributed by atoms with Crippen LogP contribution in [0.1, 0.15) is 11.5 Å². The molecule has 1 aliphatic heterocycles. The number of ether oxygens (including phenoxy) is 1. The average Bonchev–Trinajstić information content (AvgIpc) is 3.40. The van der Waals surface area contributed by atoms with Crippen molar-refractivity contribution in [2.75, 3.05) is 26.2 Å². The van der Waals surface area contributed by atoms with Crippen molar-refractivity contribution in [2.24, 2.45) is 7.05 Å². The molecule has 2 atom stereocenters. The fourth-order valence-electron chi connectivity index (χ4n) is 3.82. The number of imidazole rings is 1. The summed E-state index contributed by atoms with van der Waals surface area (Å²) in [4.78, 5) is 4.00. The van der Waals surface area contributed by atoms with Gasteiger partial charge in [0, 0.05) is 44.8 Å². The highest BCUT2D eigenvalue weighted by Crippen LogP contribution is 2.31. The second-order valence-corrected chi connectivity index (χ2v) is 9.61. The molecule has 0 unspecified atom stereocenters. The van der Waals surface area contributed by atoms with Gasteiger partial charge in [-0.2, -0.15) is 4.31 Å². The van der Waals surface area contributed by atoms with E-state index in [1.165, 1.54) is 41.1 Å². The normalized spacial score (nSPS) is 19.3. The Kier molecular flexibility index (Phi) is 6.54. The number of sulfonamides is 1. The van der Waals surface area contributed by atoms with Crippen molar-refractivity contribution < 1.29 is 21.9 Å². The first kappa shape index (κ1) is 22.4. The minimum atomic E-state index is -3.76. The van der Waals surface area contributed by atoms with Crippen LogP contribution in [0.15, 0.2) is 66.1 Å². The Balaban J connectivity index is 1.46. The van der Waals surface area contributed by atoms with Gasteiger partial charge in [-0.15, -0.1) is 0 Å². The Morgan fingerprint density at radius 3 is 2.34 bits per heavy atom. The zero-order valence-electron chi connectivity index (χ0n) is 17.5. The summed E-state index contributed by atoms with van der Waals surface area (Å²) >= 11 is 0. The molecule has 2 aromatic carbocycles. The summed E-state index contributed by atoms with van der Waals surface area (Å²) in [5.74, 6) is -0.298. The maximum Gasteiger partial charge on any atom is 0.262 e. The molecule has 1 aromatic heterocycles. The molecule has 1 fully saturated rings. The van der Waals surface area contributed by atoms with Crippen molar-refractivity contribution in [1.82, 2.24) is 19.2 Å². The standard InChI is InChI=1S/C22H24F2N4O3S/c1-27-14-22(26-15-27)32(29,30)28-12-20(16-2-4-17(23)5-3-16)21(13-28)25-10-11-31-19-8-6-18(24)7-9-19/h2-9,14-15,20-21,25H,10-13H2,1H3/t20-,21+/m1/s1. The predicted molar refractivity (Wildman–Crippen MR) is 115 cm³/mol. The quantitative estimate of drug-likeness (QED) is 0.521. The van der Waals surface area contributed by atoms with Gasteiger partial charge in [-0.05, 0) is 42.0 Å². The summed E-state index contributed by atoms with van der Waals surface area (Å²) in [7, 11) is -2.05. The predicted octanol–water partition coefficient (Wildman–Crippen LogP) is 2.52. The number of benzene rings is 2. The van der Waals surface area contributed by atoms with Gasteiger partial charge in [0.25, 0.3) is 10.0 Å². The Hall–Kier alpha value is -2.82. The van der Waals surface area contributed by atoms with Crippen molar-refractivity contribution in [3.05, 3.63) is 78.3 Å². The van der Waals surface area contributed by atoms with E-state index in [2.05, 4.69) is 10.3 Å². The van der Waals surface area contributed by atoms with E-state index in [1.54, 1.807) is 35.9 Å². The maximum absolute atomic E-state index is 13.4. The third kappa shape index (κ3) is 4.98. The zero-order chi connectivity index (χ0) is 22.7. The summed E-state index contributed by atoms with van der Waals surface area (Å²) in [6, 6.07) is 11.7. The van der Waals surface area contributed by atoms with E-state index in [0.717, 1.165) is 5.56 Å². The van der Waals surface area contributed by atoms with E-state index in [-0.39, 0.29) is 41.7 Å².